The summed E-state index contributed by atoms with van der Waals surface area (Å²) in [4.78, 5) is 19.5. The van der Waals surface area contributed by atoms with Gasteiger partial charge in [-0.1, -0.05) is 24.3 Å². The van der Waals surface area contributed by atoms with Gasteiger partial charge in [-0.3, -0.25) is 4.79 Å². The molecule has 3 aromatic rings. The second-order valence-electron chi connectivity index (χ2n) is 6.56. The minimum atomic E-state index is -0.0461. The molecule has 0 spiro atoms. The van der Waals surface area contributed by atoms with E-state index in [0.717, 1.165) is 22.6 Å². The molecule has 0 radical (unpaired) electrons. The molecule has 0 aliphatic carbocycles. The molecule has 3 heterocycles. The van der Waals surface area contributed by atoms with Gasteiger partial charge < -0.3 is 14.2 Å². The molecule has 26 heavy (non-hydrogen) atoms. The SMILES string of the molecule is COCc1nnc2n1CCN(C(=O)c1ccc3ccccc3n1)[C@@H](C)C2. The number of rotatable bonds is 3. The van der Waals surface area contributed by atoms with Crippen molar-refractivity contribution in [3.8, 4) is 0 Å². The maximum absolute atomic E-state index is 13.1. The van der Waals surface area contributed by atoms with Crippen molar-refractivity contribution >= 4 is 16.8 Å². The first kappa shape index (κ1) is 16.7. The van der Waals surface area contributed by atoms with Crippen molar-refractivity contribution < 1.29 is 9.53 Å². The molecular formula is C19H21N5O2. The zero-order chi connectivity index (χ0) is 18.1. The maximum atomic E-state index is 13.1. The Bertz CT molecular complexity index is 952. The van der Waals surface area contributed by atoms with E-state index in [0.29, 0.717) is 31.8 Å². The number of amides is 1. The number of benzene rings is 1. The van der Waals surface area contributed by atoms with Gasteiger partial charge in [0.25, 0.3) is 5.91 Å². The van der Waals surface area contributed by atoms with Crippen LogP contribution in [-0.2, 0) is 24.3 Å². The molecule has 1 atom stereocenters. The summed E-state index contributed by atoms with van der Waals surface area (Å²) < 4.78 is 7.25. The number of hydrogen-bond acceptors (Lipinski definition) is 5. The summed E-state index contributed by atoms with van der Waals surface area (Å²) in [6, 6.07) is 11.6. The van der Waals surface area contributed by atoms with Gasteiger partial charge in [-0.25, -0.2) is 4.98 Å². The molecule has 2 aromatic heterocycles. The normalized spacial score (nSPS) is 17.2. The van der Waals surface area contributed by atoms with Crippen molar-refractivity contribution in [3.63, 3.8) is 0 Å². The van der Waals surface area contributed by atoms with E-state index in [2.05, 4.69) is 19.7 Å². The van der Waals surface area contributed by atoms with E-state index >= 15 is 0 Å². The summed E-state index contributed by atoms with van der Waals surface area (Å²) in [7, 11) is 1.64. The van der Waals surface area contributed by atoms with Crippen molar-refractivity contribution in [2.24, 2.45) is 0 Å². The Morgan fingerprint density at radius 2 is 2.04 bits per heavy atom. The van der Waals surface area contributed by atoms with Gasteiger partial charge in [0, 0.05) is 38.0 Å². The summed E-state index contributed by atoms with van der Waals surface area (Å²) >= 11 is 0. The van der Waals surface area contributed by atoms with E-state index in [1.165, 1.54) is 0 Å². The Morgan fingerprint density at radius 1 is 1.19 bits per heavy atom. The van der Waals surface area contributed by atoms with E-state index in [1.54, 1.807) is 13.2 Å². The predicted octanol–water partition coefficient (Wildman–Crippen LogP) is 2.06. The third-order valence-electron chi connectivity index (χ3n) is 4.83. The first-order chi connectivity index (χ1) is 12.7. The van der Waals surface area contributed by atoms with E-state index in [-0.39, 0.29) is 11.9 Å². The van der Waals surface area contributed by atoms with Gasteiger partial charge in [0.05, 0.1) is 5.52 Å². The summed E-state index contributed by atoms with van der Waals surface area (Å²) in [6.45, 7) is 3.71. The molecule has 0 saturated heterocycles. The van der Waals surface area contributed by atoms with E-state index in [9.17, 15) is 4.79 Å². The van der Waals surface area contributed by atoms with E-state index < -0.39 is 0 Å². The molecule has 0 saturated carbocycles. The third-order valence-corrected chi connectivity index (χ3v) is 4.83. The Balaban J connectivity index is 1.59. The van der Waals surface area contributed by atoms with Crippen LogP contribution in [0.5, 0.6) is 0 Å². The number of methoxy groups -OCH3 is 1. The first-order valence-corrected chi connectivity index (χ1v) is 8.74. The lowest BCUT2D eigenvalue weighted by atomic mass is 10.1. The van der Waals surface area contributed by atoms with Crippen LogP contribution in [0.4, 0.5) is 0 Å². The number of para-hydroxylation sites is 1. The standard InChI is InChI=1S/C19H21N5O2/c1-13-11-17-21-22-18(12-26-2)24(17)10-9-23(13)19(25)16-8-7-14-5-3-4-6-15(14)20-16/h3-8,13H,9-12H2,1-2H3/t13-/m0/s1. The van der Waals surface area contributed by atoms with Crippen LogP contribution in [0.25, 0.3) is 10.9 Å². The average Bonchev–Trinajstić information content (AvgIpc) is 2.94. The zero-order valence-corrected chi connectivity index (χ0v) is 14.9. The average molecular weight is 351 g/mol. The maximum Gasteiger partial charge on any atom is 0.272 e. The molecule has 7 nitrogen and oxygen atoms in total. The fraction of sp³-hybridized carbons (Fsp3) is 0.368. The van der Waals surface area contributed by atoms with Crippen molar-refractivity contribution in [3.05, 3.63) is 53.7 Å². The second-order valence-corrected chi connectivity index (χ2v) is 6.56. The van der Waals surface area contributed by atoms with E-state index in [4.69, 9.17) is 4.74 Å². The Labute approximate surface area is 151 Å². The highest BCUT2D eigenvalue weighted by Gasteiger charge is 2.28. The Hall–Kier alpha value is -2.80. The van der Waals surface area contributed by atoms with Crippen LogP contribution in [0.2, 0.25) is 0 Å². The van der Waals surface area contributed by atoms with Crippen LogP contribution in [-0.4, -0.2) is 50.3 Å². The Morgan fingerprint density at radius 3 is 2.88 bits per heavy atom. The molecule has 134 valence electrons. The minimum absolute atomic E-state index is 0.0246. The highest BCUT2D eigenvalue weighted by atomic mass is 16.5. The van der Waals surface area contributed by atoms with Crippen LogP contribution in [0.15, 0.2) is 36.4 Å². The molecule has 0 N–H and O–H groups in total. The quantitative estimate of drug-likeness (QED) is 0.722. The largest absolute Gasteiger partial charge is 0.377 e. The van der Waals surface area contributed by atoms with Crippen LogP contribution in [0, 0.1) is 0 Å². The summed E-state index contributed by atoms with van der Waals surface area (Å²) in [5.41, 5.74) is 1.31. The molecule has 0 unspecified atom stereocenters. The molecular weight excluding hydrogens is 330 g/mol. The molecule has 0 bridgehead atoms. The third kappa shape index (κ3) is 2.94. The number of ether oxygens (including phenoxy) is 1. The smallest absolute Gasteiger partial charge is 0.272 e. The molecule has 0 fully saturated rings. The number of pyridine rings is 1. The second kappa shape index (κ2) is 6.84. The molecule has 4 rings (SSSR count). The highest BCUT2D eigenvalue weighted by Crippen LogP contribution is 2.19. The van der Waals surface area contributed by atoms with Crippen molar-refractivity contribution in [2.45, 2.75) is 32.5 Å². The number of nitrogens with zero attached hydrogens (tertiary/aromatic N) is 5. The number of carbonyl (C=O) groups is 1. The zero-order valence-electron chi connectivity index (χ0n) is 14.9. The van der Waals surface area contributed by atoms with Crippen molar-refractivity contribution in [1.29, 1.82) is 0 Å². The monoisotopic (exact) mass is 351 g/mol. The minimum Gasteiger partial charge on any atom is -0.377 e. The molecule has 1 aromatic carbocycles. The van der Waals surface area contributed by atoms with Gasteiger partial charge in [0.1, 0.15) is 18.1 Å². The van der Waals surface area contributed by atoms with Crippen molar-refractivity contribution in [2.75, 3.05) is 13.7 Å². The number of fused-ring (bicyclic) bond motifs is 2. The summed E-state index contributed by atoms with van der Waals surface area (Å²) in [5.74, 6) is 1.65. The van der Waals surface area contributed by atoms with Gasteiger partial charge >= 0.3 is 0 Å². The molecule has 7 heteroatoms. The topological polar surface area (TPSA) is 73.1 Å². The van der Waals surface area contributed by atoms with Gasteiger partial charge in [-0.05, 0) is 19.1 Å². The van der Waals surface area contributed by atoms with Crippen LogP contribution >= 0.6 is 0 Å². The van der Waals surface area contributed by atoms with Gasteiger partial charge in [0.2, 0.25) is 0 Å². The van der Waals surface area contributed by atoms with Crippen molar-refractivity contribution in [1.82, 2.24) is 24.6 Å². The first-order valence-electron chi connectivity index (χ1n) is 8.74. The predicted molar refractivity (Wildman–Crippen MR) is 96.7 cm³/mol. The number of hydrogen-bond donors (Lipinski definition) is 0. The lowest BCUT2D eigenvalue weighted by molar-refractivity contribution is 0.0689. The van der Waals surface area contributed by atoms with Crippen LogP contribution in [0.3, 0.4) is 0 Å². The number of aromatic nitrogens is 4. The molecule has 1 aliphatic rings. The molecule has 1 amide bonds. The van der Waals surface area contributed by atoms with Gasteiger partial charge in [-0.15, -0.1) is 10.2 Å². The fourth-order valence-corrected chi connectivity index (χ4v) is 3.45. The van der Waals surface area contributed by atoms with Crippen LogP contribution < -0.4 is 0 Å². The number of carbonyl (C=O) groups excluding carboxylic acids is 1. The fourth-order valence-electron chi connectivity index (χ4n) is 3.45. The lowest BCUT2D eigenvalue weighted by Gasteiger charge is -2.26. The van der Waals surface area contributed by atoms with Gasteiger partial charge in [0.15, 0.2) is 5.82 Å². The van der Waals surface area contributed by atoms with Crippen LogP contribution in [0.1, 0.15) is 29.1 Å². The summed E-state index contributed by atoms with van der Waals surface area (Å²) in [5, 5.41) is 9.50. The van der Waals surface area contributed by atoms with E-state index in [1.807, 2.05) is 42.2 Å². The van der Waals surface area contributed by atoms with Gasteiger partial charge in [-0.2, -0.15) is 0 Å². The summed E-state index contributed by atoms with van der Waals surface area (Å²) in [6.07, 6.45) is 0.663. The molecule has 1 aliphatic heterocycles. The lowest BCUT2D eigenvalue weighted by Crippen LogP contribution is -2.40. The highest BCUT2D eigenvalue weighted by molar-refractivity contribution is 5.95. The Kier molecular flexibility index (Phi) is 4.38.